The zero-order valence-corrected chi connectivity index (χ0v) is 7.00. The molecule has 1 rings (SSSR count). The molecule has 4 heteroatoms. The molecule has 2 N–H and O–H groups in total. The summed E-state index contributed by atoms with van der Waals surface area (Å²) in [6.45, 7) is 1.78. The smallest absolute Gasteiger partial charge is 0.298 e. The summed E-state index contributed by atoms with van der Waals surface area (Å²) >= 11 is 0. The molecular weight excluding hydrogens is 156 g/mol. The SMILES string of the molecule is COc1[c]cc(C)c([N+](N)=O)c1. The fourth-order valence-corrected chi connectivity index (χ4v) is 0.888. The molecule has 0 saturated heterocycles. The van der Waals surface area contributed by atoms with Gasteiger partial charge in [-0.05, 0) is 13.0 Å². The molecule has 0 aliphatic carbocycles. The van der Waals surface area contributed by atoms with Gasteiger partial charge in [0.2, 0.25) is 0 Å². The number of nitroso groups, excluding NO2 is 1. The van der Waals surface area contributed by atoms with Gasteiger partial charge in [0.15, 0.2) is 4.87 Å². The van der Waals surface area contributed by atoms with Gasteiger partial charge in [-0.25, -0.2) is 0 Å². The Balaban J connectivity index is 3.17. The van der Waals surface area contributed by atoms with Gasteiger partial charge >= 0.3 is 0 Å². The third-order valence-electron chi connectivity index (χ3n) is 1.56. The molecule has 4 nitrogen and oxygen atoms in total. The first-order valence-electron chi connectivity index (χ1n) is 3.43. The average molecular weight is 166 g/mol. The van der Waals surface area contributed by atoms with Crippen LogP contribution in [0.5, 0.6) is 5.75 Å². The Morgan fingerprint density at radius 3 is 2.83 bits per heavy atom. The summed E-state index contributed by atoms with van der Waals surface area (Å²) in [4.78, 5) is 11.1. The third-order valence-corrected chi connectivity index (χ3v) is 1.56. The minimum Gasteiger partial charge on any atom is -0.496 e. The van der Waals surface area contributed by atoms with Gasteiger partial charge in [0.25, 0.3) is 5.69 Å². The molecule has 0 saturated carbocycles. The molecular formula is C8H10N2O2+. The molecule has 1 aromatic rings. The highest BCUT2D eigenvalue weighted by Crippen LogP contribution is 2.21. The maximum Gasteiger partial charge on any atom is 0.298 e. The van der Waals surface area contributed by atoms with Gasteiger partial charge < -0.3 is 4.74 Å². The van der Waals surface area contributed by atoms with Crippen molar-refractivity contribution in [2.75, 3.05) is 7.11 Å². The van der Waals surface area contributed by atoms with Crippen LogP contribution in [-0.4, -0.2) is 12.0 Å². The summed E-state index contributed by atoms with van der Waals surface area (Å²) in [6, 6.07) is 6.04. The number of rotatable bonds is 2. The normalized spacial score (nSPS) is 9.50. The van der Waals surface area contributed by atoms with Crippen molar-refractivity contribution in [1.82, 2.24) is 0 Å². The first-order valence-corrected chi connectivity index (χ1v) is 3.43. The van der Waals surface area contributed by atoms with E-state index >= 15 is 0 Å². The van der Waals surface area contributed by atoms with E-state index in [0.29, 0.717) is 16.3 Å². The van der Waals surface area contributed by atoms with Crippen LogP contribution in [0, 0.1) is 17.9 Å². The zero-order chi connectivity index (χ0) is 9.14. The topological polar surface area (TPSA) is 55.3 Å². The lowest BCUT2D eigenvalue weighted by Gasteiger charge is -1.98. The highest BCUT2D eigenvalue weighted by molar-refractivity contribution is 5.44. The zero-order valence-electron chi connectivity index (χ0n) is 7.00. The molecule has 63 valence electrons. The number of methoxy groups -OCH3 is 1. The fourth-order valence-electron chi connectivity index (χ4n) is 0.888. The number of hydrogen-bond acceptors (Lipinski definition) is 2. The molecule has 1 aromatic carbocycles. The van der Waals surface area contributed by atoms with Crippen molar-refractivity contribution in [3.05, 3.63) is 28.7 Å². The van der Waals surface area contributed by atoms with Crippen molar-refractivity contribution in [1.29, 1.82) is 0 Å². The van der Waals surface area contributed by atoms with Crippen LogP contribution in [0.15, 0.2) is 12.1 Å². The van der Waals surface area contributed by atoms with Crippen LogP contribution in [0.1, 0.15) is 5.56 Å². The second-order valence-corrected chi connectivity index (χ2v) is 2.40. The Morgan fingerprint density at radius 2 is 2.33 bits per heavy atom. The maximum absolute atomic E-state index is 10.8. The Bertz CT molecular complexity index is 310. The van der Waals surface area contributed by atoms with E-state index in [9.17, 15) is 4.91 Å². The van der Waals surface area contributed by atoms with Crippen LogP contribution in [0.3, 0.4) is 0 Å². The average Bonchev–Trinajstić information content (AvgIpc) is 2.05. The molecule has 12 heavy (non-hydrogen) atoms. The number of aryl methyl sites for hydroxylation is 1. The van der Waals surface area contributed by atoms with Gasteiger partial charge in [-0.1, -0.05) is 0 Å². The van der Waals surface area contributed by atoms with E-state index < -0.39 is 0 Å². The summed E-state index contributed by atoms with van der Waals surface area (Å²) in [5, 5.41) is 0. The van der Waals surface area contributed by atoms with E-state index in [2.05, 4.69) is 6.07 Å². The quantitative estimate of drug-likeness (QED) is 0.406. The molecule has 0 spiro atoms. The number of nitrogens with zero attached hydrogens (tertiary/aromatic N) is 1. The van der Waals surface area contributed by atoms with Crippen molar-refractivity contribution < 1.29 is 9.61 Å². The minimum atomic E-state index is 0.311. The second kappa shape index (κ2) is 3.21. The molecule has 0 bridgehead atoms. The third kappa shape index (κ3) is 1.53. The Morgan fingerprint density at radius 1 is 1.67 bits per heavy atom. The monoisotopic (exact) mass is 166 g/mol. The Hall–Kier alpha value is -1.58. The summed E-state index contributed by atoms with van der Waals surface area (Å²) in [5.74, 6) is 5.55. The number of hydrogen-bond donors (Lipinski definition) is 1. The number of nitrogens with two attached hydrogens (primary N) is 1. The Kier molecular flexibility index (Phi) is 2.28. The molecule has 0 aliphatic heterocycles. The van der Waals surface area contributed by atoms with Gasteiger partial charge in [0.05, 0.1) is 18.1 Å². The number of hydrazine groups is 1. The largest absolute Gasteiger partial charge is 0.496 e. The van der Waals surface area contributed by atoms with E-state index in [4.69, 9.17) is 10.6 Å². The lowest BCUT2D eigenvalue weighted by molar-refractivity contribution is -0.475. The predicted octanol–water partition coefficient (Wildman–Crippen LogP) is 1.09. The second-order valence-electron chi connectivity index (χ2n) is 2.40. The van der Waals surface area contributed by atoms with Gasteiger partial charge in [-0.15, -0.1) is 0 Å². The fraction of sp³-hybridized carbons (Fsp3) is 0.250. The molecule has 0 aromatic heterocycles. The first-order chi connectivity index (χ1) is 5.65. The summed E-state index contributed by atoms with van der Waals surface area (Å²) in [5.41, 5.74) is 1.17. The maximum atomic E-state index is 10.8. The van der Waals surface area contributed by atoms with Crippen LogP contribution in [0.25, 0.3) is 0 Å². The molecule has 0 amide bonds. The number of ether oxygens (including phenoxy) is 1. The standard InChI is InChI=1S/C8H10N2O2/c1-6-3-4-7(12-2)5-8(6)10(9)11/h3,5H,1-2H3,(H2,9,11)/q+1. The molecule has 0 heterocycles. The van der Waals surface area contributed by atoms with Crippen molar-refractivity contribution >= 4 is 5.69 Å². The van der Waals surface area contributed by atoms with E-state index in [1.165, 1.54) is 7.11 Å². The van der Waals surface area contributed by atoms with Crippen LogP contribution in [0.4, 0.5) is 5.69 Å². The minimum absolute atomic E-state index is 0.311. The van der Waals surface area contributed by atoms with E-state index in [1.807, 2.05) is 0 Å². The highest BCUT2D eigenvalue weighted by Gasteiger charge is 2.13. The molecule has 0 aliphatic rings. The summed E-state index contributed by atoms with van der Waals surface area (Å²) in [7, 11) is 1.51. The van der Waals surface area contributed by atoms with E-state index in [1.54, 1.807) is 19.1 Å². The lowest BCUT2D eigenvalue weighted by atomic mass is 10.2. The van der Waals surface area contributed by atoms with Crippen molar-refractivity contribution in [3.8, 4) is 5.75 Å². The van der Waals surface area contributed by atoms with Crippen LogP contribution >= 0.6 is 0 Å². The molecule has 0 fully saturated rings. The molecule has 0 atom stereocenters. The van der Waals surface area contributed by atoms with Crippen molar-refractivity contribution in [3.63, 3.8) is 0 Å². The van der Waals surface area contributed by atoms with Crippen molar-refractivity contribution in [2.24, 2.45) is 5.84 Å². The van der Waals surface area contributed by atoms with Crippen LogP contribution < -0.4 is 10.6 Å². The molecule has 0 unspecified atom stereocenters. The molecule has 1 radical (unpaired) electrons. The van der Waals surface area contributed by atoms with Crippen LogP contribution in [0.2, 0.25) is 0 Å². The number of benzene rings is 1. The van der Waals surface area contributed by atoms with Gasteiger partial charge in [-0.2, -0.15) is 5.84 Å². The van der Waals surface area contributed by atoms with Crippen LogP contribution in [-0.2, 0) is 0 Å². The first kappa shape index (κ1) is 8.52. The summed E-state index contributed by atoms with van der Waals surface area (Å²) < 4.78 is 4.88. The van der Waals surface area contributed by atoms with Crippen molar-refractivity contribution in [2.45, 2.75) is 6.92 Å². The van der Waals surface area contributed by atoms with Gasteiger partial charge in [0.1, 0.15) is 5.75 Å². The predicted molar refractivity (Wildman–Crippen MR) is 44.0 cm³/mol. The lowest BCUT2D eigenvalue weighted by Crippen LogP contribution is -2.10. The van der Waals surface area contributed by atoms with Gasteiger partial charge in [0, 0.05) is 11.6 Å². The Labute approximate surface area is 70.5 Å². The van der Waals surface area contributed by atoms with E-state index in [0.717, 1.165) is 5.56 Å². The summed E-state index contributed by atoms with van der Waals surface area (Å²) in [6.07, 6.45) is 0. The highest BCUT2D eigenvalue weighted by atomic mass is 16.5. The van der Waals surface area contributed by atoms with Gasteiger partial charge in [-0.3, -0.25) is 0 Å². The van der Waals surface area contributed by atoms with E-state index in [-0.39, 0.29) is 0 Å².